The molecule has 0 saturated heterocycles. The molecule has 17 heavy (non-hydrogen) atoms. The number of benzene rings is 1. The van der Waals surface area contributed by atoms with Gasteiger partial charge in [-0.3, -0.25) is 0 Å². The summed E-state index contributed by atoms with van der Waals surface area (Å²) < 4.78 is 10.1. The number of hydrogen-bond donors (Lipinski definition) is 1. The quantitative estimate of drug-likeness (QED) is 0.877. The minimum Gasteiger partial charge on any atom is -0.494 e. The molecular weight excluding hydrogens is 222 g/mol. The van der Waals surface area contributed by atoms with E-state index in [0.717, 1.165) is 0 Å². The minimum absolute atomic E-state index is 0.0354. The van der Waals surface area contributed by atoms with Gasteiger partial charge >= 0.3 is 5.97 Å². The zero-order valence-corrected chi connectivity index (χ0v) is 9.43. The highest BCUT2D eigenvalue weighted by atomic mass is 16.5. The number of nitrogens with zero attached hydrogens (tertiary/aromatic N) is 1. The standard InChI is InChI=1S/C12H11NO4/c1-16-9-5-3-4-7-6-8(12(14)15)11(17-2)13-10(7)9/h3-6H,1-2H3,(H,14,15). The highest BCUT2D eigenvalue weighted by Crippen LogP contribution is 2.28. The molecule has 0 aliphatic carbocycles. The lowest BCUT2D eigenvalue weighted by molar-refractivity contribution is 0.0692. The first-order chi connectivity index (χ1) is 8.17. The molecule has 1 N–H and O–H groups in total. The molecule has 1 aromatic carbocycles. The molecule has 2 rings (SSSR count). The molecule has 0 bridgehead atoms. The zero-order chi connectivity index (χ0) is 12.4. The highest BCUT2D eigenvalue weighted by molar-refractivity contribution is 5.96. The summed E-state index contributed by atoms with van der Waals surface area (Å²) in [6.45, 7) is 0. The van der Waals surface area contributed by atoms with Gasteiger partial charge in [-0.1, -0.05) is 12.1 Å². The topological polar surface area (TPSA) is 68.7 Å². The Morgan fingerprint density at radius 1 is 1.29 bits per heavy atom. The molecule has 0 spiro atoms. The van der Waals surface area contributed by atoms with Crippen LogP contribution >= 0.6 is 0 Å². The second kappa shape index (κ2) is 4.29. The molecule has 0 saturated carbocycles. The monoisotopic (exact) mass is 233 g/mol. The van der Waals surface area contributed by atoms with Crippen molar-refractivity contribution in [1.29, 1.82) is 0 Å². The van der Waals surface area contributed by atoms with E-state index in [1.165, 1.54) is 20.3 Å². The number of carboxylic acid groups (broad SMARTS) is 1. The summed E-state index contributed by atoms with van der Waals surface area (Å²) in [5.74, 6) is -0.411. The smallest absolute Gasteiger partial charge is 0.341 e. The third-order valence-electron chi connectivity index (χ3n) is 2.42. The Hall–Kier alpha value is -2.30. The molecule has 0 amide bonds. The minimum atomic E-state index is -1.07. The van der Waals surface area contributed by atoms with Crippen molar-refractivity contribution < 1.29 is 19.4 Å². The summed E-state index contributed by atoms with van der Waals surface area (Å²) >= 11 is 0. The van der Waals surface area contributed by atoms with Gasteiger partial charge < -0.3 is 14.6 Å². The van der Waals surface area contributed by atoms with Gasteiger partial charge in [0.15, 0.2) is 0 Å². The summed E-state index contributed by atoms with van der Waals surface area (Å²) in [6.07, 6.45) is 0. The van der Waals surface area contributed by atoms with E-state index in [2.05, 4.69) is 4.98 Å². The van der Waals surface area contributed by atoms with Crippen molar-refractivity contribution in [2.75, 3.05) is 14.2 Å². The average molecular weight is 233 g/mol. The predicted octanol–water partition coefficient (Wildman–Crippen LogP) is 1.95. The number of ether oxygens (including phenoxy) is 2. The first-order valence-corrected chi connectivity index (χ1v) is 4.92. The number of pyridine rings is 1. The number of methoxy groups -OCH3 is 2. The molecule has 2 aromatic rings. The molecule has 0 atom stereocenters. The average Bonchev–Trinajstić information content (AvgIpc) is 2.36. The normalized spacial score (nSPS) is 10.2. The van der Waals surface area contributed by atoms with Gasteiger partial charge in [0.1, 0.15) is 16.8 Å². The van der Waals surface area contributed by atoms with Crippen molar-refractivity contribution >= 4 is 16.9 Å². The lowest BCUT2D eigenvalue weighted by Crippen LogP contribution is -2.03. The van der Waals surface area contributed by atoms with E-state index in [-0.39, 0.29) is 11.4 Å². The van der Waals surface area contributed by atoms with Gasteiger partial charge in [0.05, 0.1) is 14.2 Å². The lowest BCUT2D eigenvalue weighted by atomic mass is 10.1. The van der Waals surface area contributed by atoms with Crippen LogP contribution in [0.3, 0.4) is 0 Å². The third-order valence-corrected chi connectivity index (χ3v) is 2.42. The van der Waals surface area contributed by atoms with Crippen molar-refractivity contribution in [3.8, 4) is 11.6 Å². The molecule has 0 fully saturated rings. The predicted molar refractivity (Wildman–Crippen MR) is 61.8 cm³/mol. The number of aromatic nitrogens is 1. The summed E-state index contributed by atoms with van der Waals surface area (Å²) in [7, 11) is 2.92. The fraction of sp³-hybridized carbons (Fsp3) is 0.167. The maximum atomic E-state index is 11.0. The van der Waals surface area contributed by atoms with Gasteiger partial charge in [-0.2, -0.15) is 0 Å². The van der Waals surface area contributed by atoms with Crippen molar-refractivity contribution in [1.82, 2.24) is 4.98 Å². The van der Waals surface area contributed by atoms with E-state index < -0.39 is 5.97 Å². The van der Waals surface area contributed by atoms with E-state index in [4.69, 9.17) is 14.6 Å². The third kappa shape index (κ3) is 1.87. The lowest BCUT2D eigenvalue weighted by Gasteiger charge is -2.08. The Morgan fingerprint density at radius 2 is 2.06 bits per heavy atom. The van der Waals surface area contributed by atoms with Gasteiger partial charge in [-0.15, -0.1) is 0 Å². The van der Waals surface area contributed by atoms with Crippen LogP contribution in [0, 0.1) is 0 Å². The van der Waals surface area contributed by atoms with Crippen molar-refractivity contribution in [2.24, 2.45) is 0 Å². The van der Waals surface area contributed by atoms with Crippen LogP contribution in [0.4, 0.5) is 0 Å². The molecule has 1 heterocycles. The van der Waals surface area contributed by atoms with Crippen LogP contribution < -0.4 is 9.47 Å². The van der Waals surface area contributed by atoms with Crippen LogP contribution in [0.2, 0.25) is 0 Å². The number of hydrogen-bond acceptors (Lipinski definition) is 4. The number of rotatable bonds is 3. The van der Waals surface area contributed by atoms with Gasteiger partial charge in [-0.05, 0) is 12.1 Å². The SMILES string of the molecule is COc1nc2c(OC)cccc2cc1C(=O)O. The second-order valence-corrected chi connectivity index (χ2v) is 3.38. The fourth-order valence-corrected chi connectivity index (χ4v) is 1.63. The van der Waals surface area contributed by atoms with Crippen LogP contribution in [0.1, 0.15) is 10.4 Å². The van der Waals surface area contributed by atoms with E-state index in [1.807, 2.05) is 0 Å². The van der Waals surface area contributed by atoms with Gasteiger partial charge in [0.2, 0.25) is 5.88 Å². The van der Waals surface area contributed by atoms with Crippen LogP contribution in [0.25, 0.3) is 10.9 Å². The zero-order valence-electron chi connectivity index (χ0n) is 9.43. The van der Waals surface area contributed by atoms with Crippen LogP contribution in [-0.2, 0) is 0 Å². The Balaban J connectivity index is 2.78. The molecule has 0 radical (unpaired) electrons. The Kier molecular flexibility index (Phi) is 2.82. The highest BCUT2D eigenvalue weighted by Gasteiger charge is 2.15. The van der Waals surface area contributed by atoms with Gasteiger partial charge in [-0.25, -0.2) is 9.78 Å². The number of fused-ring (bicyclic) bond motifs is 1. The van der Waals surface area contributed by atoms with Crippen molar-refractivity contribution in [3.63, 3.8) is 0 Å². The largest absolute Gasteiger partial charge is 0.494 e. The number of carboxylic acids is 1. The number of aromatic carboxylic acids is 1. The number of carbonyl (C=O) groups is 1. The maximum Gasteiger partial charge on any atom is 0.341 e. The summed E-state index contributed by atoms with van der Waals surface area (Å²) in [5.41, 5.74) is 0.616. The Morgan fingerprint density at radius 3 is 2.65 bits per heavy atom. The van der Waals surface area contributed by atoms with Crippen LogP contribution in [-0.4, -0.2) is 30.3 Å². The molecule has 0 aliphatic rings. The molecule has 88 valence electrons. The molecule has 0 aliphatic heterocycles. The molecule has 5 nitrogen and oxygen atoms in total. The fourth-order valence-electron chi connectivity index (χ4n) is 1.63. The van der Waals surface area contributed by atoms with Gasteiger partial charge in [0, 0.05) is 5.39 Å². The Labute approximate surface area is 97.6 Å². The Bertz CT molecular complexity index is 580. The number of para-hydroxylation sites is 1. The van der Waals surface area contributed by atoms with Crippen molar-refractivity contribution in [2.45, 2.75) is 0 Å². The van der Waals surface area contributed by atoms with Crippen LogP contribution in [0.5, 0.6) is 11.6 Å². The first kappa shape index (κ1) is 11.2. The molecular formula is C12H11NO4. The van der Waals surface area contributed by atoms with E-state index in [0.29, 0.717) is 16.7 Å². The van der Waals surface area contributed by atoms with E-state index in [1.54, 1.807) is 18.2 Å². The molecule has 1 aromatic heterocycles. The van der Waals surface area contributed by atoms with Gasteiger partial charge in [0.25, 0.3) is 0 Å². The maximum absolute atomic E-state index is 11.0. The summed E-state index contributed by atoms with van der Waals surface area (Å²) in [4.78, 5) is 15.2. The van der Waals surface area contributed by atoms with E-state index in [9.17, 15) is 4.79 Å². The summed E-state index contributed by atoms with van der Waals surface area (Å²) in [6, 6.07) is 6.83. The molecule has 0 unspecified atom stereocenters. The van der Waals surface area contributed by atoms with Crippen molar-refractivity contribution in [3.05, 3.63) is 29.8 Å². The second-order valence-electron chi connectivity index (χ2n) is 3.38. The first-order valence-electron chi connectivity index (χ1n) is 4.92. The summed E-state index contributed by atoms with van der Waals surface area (Å²) in [5, 5.41) is 9.73. The van der Waals surface area contributed by atoms with Crippen LogP contribution in [0.15, 0.2) is 24.3 Å². The molecule has 5 heteroatoms. The van der Waals surface area contributed by atoms with E-state index >= 15 is 0 Å².